The SMILES string of the molecule is CCOCCNCc1cc(Cl)ccc1O. The zero-order chi connectivity index (χ0) is 11.1. The van der Waals surface area contributed by atoms with Crippen LogP contribution in [0.3, 0.4) is 0 Å². The molecule has 0 saturated carbocycles. The lowest BCUT2D eigenvalue weighted by Crippen LogP contribution is -2.19. The maximum absolute atomic E-state index is 9.51. The summed E-state index contributed by atoms with van der Waals surface area (Å²) in [5.74, 6) is 0.267. The third kappa shape index (κ3) is 4.51. The number of ether oxygens (including phenoxy) is 1. The number of nitrogens with one attached hydrogen (secondary N) is 1. The van der Waals surface area contributed by atoms with E-state index in [0.29, 0.717) is 18.2 Å². The van der Waals surface area contributed by atoms with E-state index in [2.05, 4.69) is 5.32 Å². The minimum Gasteiger partial charge on any atom is -0.508 e. The normalized spacial score (nSPS) is 10.5. The van der Waals surface area contributed by atoms with E-state index < -0.39 is 0 Å². The number of halogens is 1. The molecule has 0 bridgehead atoms. The van der Waals surface area contributed by atoms with Crippen LogP contribution in [0.15, 0.2) is 18.2 Å². The minimum absolute atomic E-state index is 0.267. The molecule has 1 aromatic carbocycles. The first-order valence-corrected chi connectivity index (χ1v) is 5.37. The van der Waals surface area contributed by atoms with Crippen LogP contribution in [-0.2, 0) is 11.3 Å². The molecule has 0 atom stereocenters. The summed E-state index contributed by atoms with van der Waals surface area (Å²) in [5.41, 5.74) is 0.805. The third-order valence-corrected chi connectivity index (χ3v) is 2.22. The fraction of sp³-hybridized carbons (Fsp3) is 0.455. The van der Waals surface area contributed by atoms with Crippen molar-refractivity contribution in [2.45, 2.75) is 13.5 Å². The average Bonchev–Trinajstić information content (AvgIpc) is 2.23. The Hall–Kier alpha value is -0.770. The average molecular weight is 230 g/mol. The van der Waals surface area contributed by atoms with Gasteiger partial charge in [0.25, 0.3) is 0 Å². The Morgan fingerprint density at radius 1 is 1.47 bits per heavy atom. The van der Waals surface area contributed by atoms with Gasteiger partial charge in [-0.05, 0) is 25.1 Å². The summed E-state index contributed by atoms with van der Waals surface area (Å²) < 4.78 is 5.17. The van der Waals surface area contributed by atoms with E-state index in [9.17, 15) is 5.11 Å². The van der Waals surface area contributed by atoms with Gasteiger partial charge in [0.15, 0.2) is 0 Å². The Bertz CT molecular complexity index is 305. The van der Waals surface area contributed by atoms with Crippen molar-refractivity contribution in [1.82, 2.24) is 5.32 Å². The van der Waals surface area contributed by atoms with Crippen molar-refractivity contribution in [2.24, 2.45) is 0 Å². The summed E-state index contributed by atoms with van der Waals surface area (Å²) in [6.07, 6.45) is 0. The summed E-state index contributed by atoms with van der Waals surface area (Å²) in [6.45, 7) is 4.73. The van der Waals surface area contributed by atoms with E-state index in [1.807, 2.05) is 6.92 Å². The highest BCUT2D eigenvalue weighted by Gasteiger charge is 2.00. The van der Waals surface area contributed by atoms with Crippen molar-refractivity contribution in [3.63, 3.8) is 0 Å². The number of hydrogen-bond donors (Lipinski definition) is 2. The molecule has 0 aromatic heterocycles. The molecule has 0 aliphatic rings. The summed E-state index contributed by atoms with van der Waals surface area (Å²) >= 11 is 5.82. The Morgan fingerprint density at radius 2 is 2.27 bits per heavy atom. The van der Waals surface area contributed by atoms with Crippen LogP contribution in [0.2, 0.25) is 5.02 Å². The summed E-state index contributed by atoms with van der Waals surface area (Å²) in [6, 6.07) is 5.02. The molecule has 0 spiro atoms. The van der Waals surface area contributed by atoms with E-state index in [-0.39, 0.29) is 5.75 Å². The second-order valence-electron chi connectivity index (χ2n) is 3.15. The van der Waals surface area contributed by atoms with E-state index in [1.165, 1.54) is 0 Å². The van der Waals surface area contributed by atoms with Gasteiger partial charge in [-0.2, -0.15) is 0 Å². The minimum atomic E-state index is 0.267. The number of phenolic OH excluding ortho intramolecular Hbond substituents is 1. The highest BCUT2D eigenvalue weighted by molar-refractivity contribution is 6.30. The molecule has 4 heteroatoms. The van der Waals surface area contributed by atoms with Crippen LogP contribution in [0, 0.1) is 0 Å². The predicted molar refractivity (Wildman–Crippen MR) is 61.3 cm³/mol. The number of aromatic hydroxyl groups is 1. The summed E-state index contributed by atoms with van der Waals surface area (Å²) in [4.78, 5) is 0. The molecule has 0 heterocycles. The van der Waals surface area contributed by atoms with Gasteiger partial charge in [-0.25, -0.2) is 0 Å². The number of rotatable bonds is 6. The molecule has 0 unspecified atom stereocenters. The van der Waals surface area contributed by atoms with Gasteiger partial charge in [0.05, 0.1) is 6.61 Å². The monoisotopic (exact) mass is 229 g/mol. The van der Waals surface area contributed by atoms with E-state index in [0.717, 1.165) is 18.7 Å². The predicted octanol–water partition coefficient (Wildman–Crippen LogP) is 2.17. The Kier molecular flexibility index (Phi) is 5.47. The molecule has 84 valence electrons. The van der Waals surface area contributed by atoms with Gasteiger partial charge in [0.2, 0.25) is 0 Å². The maximum Gasteiger partial charge on any atom is 0.120 e. The smallest absolute Gasteiger partial charge is 0.120 e. The number of benzene rings is 1. The molecule has 0 fully saturated rings. The van der Waals surface area contributed by atoms with Crippen molar-refractivity contribution in [2.75, 3.05) is 19.8 Å². The van der Waals surface area contributed by atoms with Crippen molar-refractivity contribution in [1.29, 1.82) is 0 Å². The Labute approximate surface area is 95.0 Å². The van der Waals surface area contributed by atoms with Gasteiger partial charge >= 0.3 is 0 Å². The van der Waals surface area contributed by atoms with Gasteiger partial charge in [-0.15, -0.1) is 0 Å². The van der Waals surface area contributed by atoms with Crippen molar-refractivity contribution < 1.29 is 9.84 Å². The largest absolute Gasteiger partial charge is 0.508 e. The Morgan fingerprint density at radius 3 is 3.00 bits per heavy atom. The molecule has 0 amide bonds. The zero-order valence-corrected chi connectivity index (χ0v) is 9.55. The first-order chi connectivity index (χ1) is 7.24. The molecule has 0 aliphatic heterocycles. The molecular weight excluding hydrogens is 214 g/mol. The molecule has 1 rings (SSSR count). The van der Waals surface area contributed by atoms with E-state index in [4.69, 9.17) is 16.3 Å². The summed E-state index contributed by atoms with van der Waals surface area (Å²) in [7, 11) is 0. The first-order valence-electron chi connectivity index (χ1n) is 5.00. The number of hydrogen-bond acceptors (Lipinski definition) is 3. The van der Waals surface area contributed by atoms with Crippen molar-refractivity contribution in [3.05, 3.63) is 28.8 Å². The van der Waals surface area contributed by atoms with Crippen LogP contribution in [0.25, 0.3) is 0 Å². The topological polar surface area (TPSA) is 41.5 Å². The van der Waals surface area contributed by atoms with Gasteiger partial charge in [-0.1, -0.05) is 11.6 Å². The first kappa shape index (κ1) is 12.3. The summed E-state index contributed by atoms with van der Waals surface area (Å²) in [5, 5.41) is 13.3. The molecule has 2 N–H and O–H groups in total. The van der Waals surface area contributed by atoms with Gasteiger partial charge in [-0.3, -0.25) is 0 Å². The van der Waals surface area contributed by atoms with Gasteiger partial charge < -0.3 is 15.2 Å². The fourth-order valence-corrected chi connectivity index (χ4v) is 1.40. The third-order valence-electron chi connectivity index (χ3n) is 1.98. The molecule has 15 heavy (non-hydrogen) atoms. The molecular formula is C11H16ClNO2. The molecule has 1 aromatic rings. The van der Waals surface area contributed by atoms with Crippen molar-refractivity contribution in [3.8, 4) is 5.75 Å². The highest BCUT2D eigenvalue weighted by Crippen LogP contribution is 2.20. The quantitative estimate of drug-likeness (QED) is 0.735. The van der Waals surface area contributed by atoms with E-state index >= 15 is 0 Å². The molecule has 0 aliphatic carbocycles. The van der Waals surface area contributed by atoms with Crippen molar-refractivity contribution >= 4 is 11.6 Å². The van der Waals surface area contributed by atoms with Crippen LogP contribution in [0.1, 0.15) is 12.5 Å². The van der Waals surface area contributed by atoms with Crippen LogP contribution in [0.4, 0.5) is 0 Å². The molecule has 0 radical (unpaired) electrons. The lowest BCUT2D eigenvalue weighted by Gasteiger charge is -2.07. The highest BCUT2D eigenvalue weighted by atomic mass is 35.5. The van der Waals surface area contributed by atoms with Crippen LogP contribution in [-0.4, -0.2) is 24.9 Å². The second-order valence-corrected chi connectivity index (χ2v) is 3.58. The van der Waals surface area contributed by atoms with Crippen LogP contribution < -0.4 is 5.32 Å². The molecule has 0 saturated heterocycles. The van der Waals surface area contributed by atoms with Gasteiger partial charge in [0, 0.05) is 30.3 Å². The second kappa shape index (κ2) is 6.67. The standard InChI is InChI=1S/C11H16ClNO2/c1-2-15-6-5-13-8-9-7-10(12)3-4-11(9)14/h3-4,7,13-14H,2,5-6,8H2,1H3. The molecule has 3 nitrogen and oxygen atoms in total. The lowest BCUT2D eigenvalue weighted by molar-refractivity contribution is 0.149. The van der Waals surface area contributed by atoms with Gasteiger partial charge in [0.1, 0.15) is 5.75 Å². The maximum atomic E-state index is 9.51. The fourth-order valence-electron chi connectivity index (χ4n) is 1.21. The zero-order valence-electron chi connectivity index (χ0n) is 8.79. The number of phenols is 1. The van der Waals surface area contributed by atoms with Crippen LogP contribution >= 0.6 is 11.6 Å². The Balaban J connectivity index is 2.33. The van der Waals surface area contributed by atoms with Crippen LogP contribution in [0.5, 0.6) is 5.75 Å². The lowest BCUT2D eigenvalue weighted by atomic mass is 10.2. The van der Waals surface area contributed by atoms with E-state index in [1.54, 1.807) is 18.2 Å².